The molecule has 63 heavy (non-hydrogen) atoms. The van der Waals surface area contributed by atoms with Crippen molar-refractivity contribution >= 4 is 34.5 Å². The average molecular weight is 873 g/mol. The summed E-state index contributed by atoms with van der Waals surface area (Å²) in [7, 11) is 3.12. The third-order valence-corrected chi connectivity index (χ3v) is 11.6. The van der Waals surface area contributed by atoms with Gasteiger partial charge in [0.2, 0.25) is 0 Å². The van der Waals surface area contributed by atoms with Crippen LogP contribution < -0.4 is 21.3 Å². The van der Waals surface area contributed by atoms with Crippen LogP contribution in [0.4, 0.5) is 14.5 Å². The normalized spacial score (nSPS) is 12.4. The van der Waals surface area contributed by atoms with E-state index >= 15 is 8.78 Å². The lowest BCUT2D eigenvalue weighted by Crippen LogP contribution is -2.43. The van der Waals surface area contributed by atoms with Crippen LogP contribution in [0.15, 0.2) is 130 Å². The highest BCUT2D eigenvalue weighted by molar-refractivity contribution is 8.00. The SMILES string of the molecule is CCC(CC)COC(=O)[C@H](Cc1ccc(-n2c(=O)c3ccncc3n(C)c2=O)nc1)NC(c1ccccc1)c1cc(F)c(NSc2ccc(-c3cnc(COC)nc3)cc2)cc1F. The van der Waals surface area contributed by atoms with E-state index in [4.69, 9.17) is 9.47 Å². The van der Waals surface area contributed by atoms with E-state index in [1.165, 1.54) is 35.3 Å². The Labute approximate surface area is 366 Å². The molecule has 0 radical (unpaired) electrons. The predicted octanol–water partition coefficient (Wildman–Crippen LogP) is 7.75. The molecule has 0 aliphatic carbocycles. The van der Waals surface area contributed by atoms with Crippen LogP contribution in [-0.4, -0.2) is 54.8 Å². The van der Waals surface area contributed by atoms with Gasteiger partial charge in [0.15, 0.2) is 5.82 Å². The summed E-state index contributed by atoms with van der Waals surface area (Å²) >= 11 is 1.12. The van der Waals surface area contributed by atoms with Gasteiger partial charge in [-0.15, -0.1) is 0 Å². The summed E-state index contributed by atoms with van der Waals surface area (Å²) in [6.07, 6.45) is 9.46. The largest absolute Gasteiger partial charge is 0.464 e. The van der Waals surface area contributed by atoms with Crippen LogP contribution in [0.25, 0.3) is 27.8 Å². The number of hydrogen-bond donors (Lipinski definition) is 2. The molecule has 324 valence electrons. The number of hydrogen-bond acceptors (Lipinski definition) is 12. The second-order valence-electron chi connectivity index (χ2n) is 14.9. The van der Waals surface area contributed by atoms with E-state index in [-0.39, 0.29) is 36.0 Å². The number of pyridine rings is 2. The number of carbonyl (C=O) groups excluding carboxylic acids is 1. The van der Waals surface area contributed by atoms with Gasteiger partial charge in [0.05, 0.1) is 35.4 Å². The predicted molar refractivity (Wildman–Crippen MR) is 238 cm³/mol. The van der Waals surface area contributed by atoms with Crippen molar-refractivity contribution in [2.24, 2.45) is 13.0 Å². The molecule has 0 aliphatic rings. The molecule has 0 spiro atoms. The molecule has 2 N–H and O–H groups in total. The van der Waals surface area contributed by atoms with Crippen molar-refractivity contribution in [1.29, 1.82) is 0 Å². The number of carbonyl (C=O) groups is 1. The summed E-state index contributed by atoms with van der Waals surface area (Å²) in [5.41, 5.74) is 1.99. The average Bonchev–Trinajstić information content (AvgIpc) is 3.31. The van der Waals surface area contributed by atoms with E-state index in [9.17, 15) is 14.4 Å². The number of methoxy groups -OCH3 is 1. The standard InChI is InChI=1S/C47H46F2N8O5S/c1-5-29(6-2)27-62-46(59)40(20-30-12-17-43(53-23-30)57-45(58)35-18-19-50-26-41(35)56(3)47(57)60)54-44(32-10-8-7-9-11-32)36-21-38(49)39(22-37(36)48)55-63-34-15-13-31(14-16-34)33-24-51-42(28-61-4)52-25-33/h7-19,21-26,29,40,44,54-55H,5-6,20,27-28H2,1-4H3/t40-,44?/m0/s1. The van der Waals surface area contributed by atoms with Crippen molar-refractivity contribution in [1.82, 2.24) is 34.4 Å². The molecule has 0 saturated heterocycles. The van der Waals surface area contributed by atoms with Crippen LogP contribution in [0.3, 0.4) is 0 Å². The van der Waals surface area contributed by atoms with E-state index < -0.39 is 40.9 Å². The van der Waals surface area contributed by atoms with E-state index in [2.05, 4.69) is 30.0 Å². The molecule has 0 aliphatic heterocycles. The molecule has 3 aromatic carbocycles. The fourth-order valence-corrected chi connectivity index (χ4v) is 7.70. The van der Waals surface area contributed by atoms with Gasteiger partial charge in [-0.1, -0.05) is 75.2 Å². The lowest BCUT2D eigenvalue weighted by molar-refractivity contribution is -0.147. The quantitative estimate of drug-likeness (QED) is 0.0640. The van der Waals surface area contributed by atoms with Crippen LogP contribution in [0.5, 0.6) is 0 Å². The number of anilines is 1. The van der Waals surface area contributed by atoms with E-state index in [1.54, 1.807) is 62.9 Å². The monoisotopic (exact) mass is 872 g/mol. The first-order valence-electron chi connectivity index (χ1n) is 20.4. The Morgan fingerprint density at radius 2 is 1.60 bits per heavy atom. The number of aromatic nitrogens is 6. The Hall–Kier alpha value is -6.62. The fourth-order valence-electron chi connectivity index (χ4n) is 7.05. The minimum Gasteiger partial charge on any atom is -0.464 e. The summed E-state index contributed by atoms with van der Waals surface area (Å²) in [5, 5.41) is 3.59. The lowest BCUT2D eigenvalue weighted by Gasteiger charge is -2.27. The zero-order chi connectivity index (χ0) is 44.5. The molecule has 2 atom stereocenters. The molecule has 4 aromatic heterocycles. The molecule has 0 fully saturated rings. The molecule has 0 amide bonds. The molecule has 1 unspecified atom stereocenters. The zero-order valence-corrected chi connectivity index (χ0v) is 35.9. The van der Waals surface area contributed by atoms with Crippen LogP contribution in [-0.2, 0) is 34.3 Å². The number of nitrogens with one attached hydrogen (secondary N) is 2. The Balaban J connectivity index is 1.14. The van der Waals surface area contributed by atoms with Gasteiger partial charge in [-0.25, -0.2) is 33.1 Å². The van der Waals surface area contributed by atoms with Crippen molar-refractivity contribution in [2.75, 3.05) is 18.4 Å². The van der Waals surface area contributed by atoms with Crippen LogP contribution >= 0.6 is 11.9 Å². The molecule has 13 nitrogen and oxygen atoms in total. The molecule has 0 bridgehead atoms. The van der Waals surface area contributed by atoms with E-state index in [1.807, 2.05) is 38.1 Å². The molecule has 4 heterocycles. The summed E-state index contributed by atoms with van der Waals surface area (Å²) < 4.78 is 48.6. The Morgan fingerprint density at radius 1 is 0.857 bits per heavy atom. The molecule has 16 heteroatoms. The number of benzene rings is 3. The smallest absolute Gasteiger partial charge is 0.337 e. The molecule has 0 saturated carbocycles. The fraction of sp³-hybridized carbons (Fsp3) is 0.255. The summed E-state index contributed by atoms with van der Waals surface area (Å²) in [6, 6.07) is 21.3. The first-order chi connectivity index (χ1) is 30.6. The molecular weight excluding hydrogens is 827 g/mol. The topological polar surface area (TPSA) is 155 Å². The first-order valence-corrected chi connectivity index (χ1v) is 21.2. The first kappa shape index (κ1) is 44.4. The highest BCUT2D eigenvalue weighted by Crippen LogP contribution is 2.32. The van der Waals surface area contributed by atoms with Gasteiger partial charge < -0.3 is 14.2 Å². The zero-order valence-electron chi connectivity index (χ0n) is 35.1. The van der Waals surface area contributed by atoms with Crippen molar-refractivity contribution in [3.8, 4) is 16.9 Å². The van der Waals surface area contributed by atoms with Gasteiger partial charge in [-0.3, -0.25) is 24.5 Å². The van der Waals surface area contributed by atoms with Crippen molar-refractivity contribution < 1.29 is 23.0 Å². The number of nitrogens with zero attached hydrogens (tertiary/aromatic N) is 6. The summed E-state index contributed by atoms with van der Waals surface area (Å²) in [5.74, 6) is -1.20. The molecule has 7 rings (SSSR count). The minimum absolute atomic E-state index is 0.0228. The van der Waals surface area contributed by atoms with E-state index in [0.29, 0.717) is 34.5 Å². The Morgan fingerprint density at radius 3 is 2.29 bits per heavy atom. The number of esters is 1. The van der Waals surface area contributed by atoms with Gasteiger partial charge in [0.25, 0.3) is 5.56 Å². The highest BCUT2D eigenvalue weighted by atomic mass is 32.2. The number of rotatable bonds is 18. The highest BCUT2D eigenvalue weighted by Gasteiger charge is 2.29. The Kier molecular flexibility index (Phi) is 14.5. The van der Waals surface area contributed by atoms with Gasteiger partial charge in [-0.2, -0.15) is 0 Å². The maximum atomic E-state index is 16.4. The summed E-state index contributed by atoms with van der Waals surface area (Å²) in [6.45, 7) is 4.54. The number of fused-ring (bicyclic) bond motifs is 1. The van der Waals surface area contributed by atoms with E-state index in [0.717, 1.165) is 57.5 Å². The number of halogens is 2. The second kappa shape index (κ2) is 20.5. The maximum Gasteiger partial charge on any atom is 0.337 e. The Bertz CT molecular complexity index is 2790. The van der Waals surface area contributed by atoms with Crippen molar-refractivity contribution in [3.05, 3.63) is 171 Å². The van der Waals surface area contributed by atoms with Crippen molar-refractivity contribution in [3.63, 3.8) is 0 Å². The molecular formula is C47H46F2N8O5S. The number of aryl methyl sites for hydroxylation is 1. The van der Waals surface area contributed by atoms with Crippen LogP contribution in [0.2, 0.25) is 0 Å². The van der Waals surface area contributed by atoms with Gasteiger partial charge in [0.1, 0.15) is 30.1 Å². The third kappa shape index (κ3) is 10.4. The van der Waals surface area contributed by atoms with Gasteiger partial charge >= 0.3 is 11.7 Å². The van der Waals surface area contributed by atoms with Gasteiger partial charge in [-0.05, 0) is 71.3 Å². The number of ether oxygens (including phenoxy) is 2. The maximum absolute atomic E-state index is 16.4. The lowest BCUT2D eigenvalue weighted by atomic mass is 9.95. The van der Waals surface area contributed by atoms with Crippen LogP contribution in [0.1, 0.15) is 55.2 Å². The van der Waals surface area contributed by atoms with Gasteiger partial charge in [0, 0.05) is 61.0 Å². The summed E-state index contributed by atoms with van der Waals surface area (Å²) in [4.78, 5) is 58.6. The second-order valence-corrected chi connectivity index (χ2v) is 15.8. The third-order valence-electron chi connectivity index (χ3n) is 10.8. The molecule has 7 aromatic rings. The van der Waals surface area contributed by atoms with Crippen LogP contribution in [0, 0.1) is 17.6 Å². The minimum atomic E-state index is -1.06. The van der Waals surface area contributed by atoms with Crippen molar-refractivity contribution in [2.45, 2.75) is 56.7 Å².